The van der Waals surface area contributed by atoms with Gasteiger partial charge in [-0.1, -0.05) is 0 Å². The largest absolute Gasteiger partial charge is 0.493 e. The van der Waals surface area contributed by atoms with E-state index in [0.29, 0.717) is 11.8 Å². The van der Waals surface area contributed by atoms with Crippen molar-refractivity contribution in [3.05, 3.63) is 42.1 Å². The summed E-state index contributed by atoms with van der Waals surface area (Å²) in [6.07, 6.45) is 2.59. The smallest absolute Gasteiger partial charge is 0.198 e. The van der Waals surface area contributed by atoms with E-state index in [2.05, 4.69) is 21.0 Å². The predicted molar refractivity (Wildman–Crippen MR) is 85.3 cm³/mol. The molecule has 6 heteroatoms. The lowest BCUT2D eigenvalue weighted by Crippen LogP contribution is -1.91. The van der Waals surface area contributed by atoms with Crippen LogP contribution in [0.25, 0.3) is 22.5 Å². The summed E-state index contributed by atoms with van der Waals surface area (Å²) in [5.74, 6) is 1.78. The molecule has 5 N–H and O–H groups in total. The second-order valence-corrected chi connectivity index (χ2v) is 5.24. The van der Waals surface area contributed by atoms with Crippen LogP contribution in [0, 0.1) is 0 Å². The molecule has 1 aliphatic rings. The van der Waals surface area contributed by atoms with E-state index in [4.69, 9.17) is 16.2 Å². The molecule has 3 aromatic rings. The zero-order valence-electron chi connectivity index (χ0n) is 11.8. The van der Waals surface area contributed by atoms with Gasteiger partial charge in [0.2, 0.25) is 0 Å². The molecule has 0 atom stereocenters. The highest BCUT2D eigenvalue weighted by molar-refractivity contribution is 5.81. The third kappa shape index (κ3) is 2.05. The Morgan fingerprint density at radius 1 is 1.09 bits per heavy atom. The fraction of sp³-hybridized carbons (Fsp3) is 0.125. The molecule has 6 nitrogen and oxygen atoms in total. The Morgan fingerprint density at radius 2 is 2.00 bits per heavy atom. The van der Waals surface area contributed by atoms with E-state index in [1.165, 1.54) is 5.56 Å². The van der Waals surface area contributed by atoms with Crippen LogP contribution in [0.3, 0.4) is 0 Å². The molecule has 4 rings (SSSR count). The average Bonchev–Trinajstić information content (AvgIpc) is 3.12. The second kappa shape index (κ2) is 4.77. The van der Waals surface area contributed by atoms with Crippen molar-refractivity contribution >= 4 is 11.8 Å². The normalized spacial score (nSPS) is 12.9. The molecule has 3 heterocycles. The summed E-state index contributed by atoms with van der Waals surface area (Å²) in [5.41, 5.74) is 16.4. The number of nitrogens with zero attached hydrogens (tertiary/aromatic N) is 2. The molecular formula is C16H15N5O. The first-order valence-electron chi connectivity index (χ1n) is 7.04. The molecule has 1 aromatic carbocycles. The third-order valence-corrected chi connectivity index (χ3v) is 3.75. The first-order valence-corrected chi connectivity index (χ1v) is 7.04. The Bertz CT molecular complexity index is 855. The monoisotopic (exact) mass is 293 g/mol. The summed E-state index contributed by atoms with van der Waals surface area (Å²) in [5, 5.41) is 0. The number of hydrogen-bond acceptors (Lipinski definition) is 5. The number of rotatable bonds is 2. The average molecular weight is 293 g/mol. The minimum atomic E-state index is 0.372. The molecule has 0 amide bonds. The first-order chi connectivity index (χ1) is 10.7. The molecular weight excluding hydrogens is 278 g/mol. The van der Waals surface area contributed by atoms with Gasteiger partial charge >= 0.3 is 0 Å². The molecule has 0 bridgehead atoms. The third-order valence-electron chi connectivity index (χ3n) is 3.75. The predicted octanol–water partition coefficient (Wildman–Crippen LogP) is 2.24. The number of nitrogens with two attached hydrogens (primary N) is 2. The maximum absolute atomic E-state index is 5.87. The van der Waals surface area contributed by atoms with Crippen molar-refractivity contribution in [1.29, 1.82) is 0 Å². The zero-order chi connectivity index (χ0) is 15.1. The standard InChI is InChI=1S/C16H15N5O/c17-13-8-11(3-5-19-13)15-14(20-16(18)21-15)10-1-2-12-9(7-10)4-6-22-12/h1-3,5,7-8H,4,6H2,(H2,17,19)(H3,18,20,21). The van der Waals surface area contributed by atoms with Gasteiger partial charge < -0.3 is 21.2 Å². The molecule has 2 aromatic heterocycles. The summed E-state index contributed by atoms with van der Waals surface area (Å²) >= 11 is 0. The molecule has 1 aliphatic heterocycles. The van der Waals surface area contributed by atoms with E-state index in [0.717, 1.165) is 41.3 Å². The molecule has 0 aliphatic carbocycles. The van der Waals surface area contributed by atoms with Crippen LogP contribution in [0.4, 0.5) is 11.8 Å². The summed E-state index contributed by atoms with van der Waals surface area (Å²) in [4.78, 5) is 11.6. The number of nitrogen functional groups attached to an aromatic ring is 2. The number of aromatic nitrogens is 3. The zero-order valence-corrected chi connectivity index (χ0v) is 11.8. The maximum atomic E-state index is 5.87. The molecule has 110 valence electrons. The van der Waals surface area contributed by atoms with Crippen molar-refractivity contribution in [2.24, 2.45) is 0 Å². The van der Waals surface area contributed by atoms with Gasteiger partial charge in [-0.3, -0.25) is 0 Å². The van der Waals surface area contributed by atoms with Gasteiger partial charge in [-0.05, 0) is 35.9 Å². The number of pyridine rings is 1. The highest BCUT2D eigenvalue weighted by Crippen LogP contribution is 2.35. The van der Waals surface area contributed by atoms with Crippen LogP contribution in [0.1, 0.15) is 5.56 Å². The molecule has 22 heavy (non-hydrogen) atoms. The fourth-order valence-electron chi connectivity index (χ4n) is 2.75. The minimum Gasteiger partial charge on any atom is -0.493 e. The first kappa shape index (κ1) is 12.7. The lowest BCUT2D eigenvalue weighted by molar-refractivity contribution is 0.357. The number of H-pyrrole nitrogens is 1. The Kier molecular flexibility index (Phi) is 2.75. The fourth-order valence-corrected chi connectivity index (χ4v) is 2.75. The van der Waals surface area contributed by atoms with Crippen molar-refractivity contribution in [1.82, 2.24) is 15.0 Å². The maximum Gasteiger partial charge on any atom is 0.198 e. The van der Waals surface area contributed by atoms with E-state index in [1.807, 2.05) is 18.2 Å². The van der Waals surface area contributed by atoms with Crippen molar-refractivity contribution in [3.8, 4) is 28.3 Å². The Labute approximate surface area is 127 Å². The number of nitrogens with one attached hydrogen (secondary N) is 1. The topological polar surface area (TPSA) is 103 Å². The molecule has 0 radical (unpaired) electrons. The van der Waals surface area contributed by atoms with Gasteiger partial charge in [0.15, 0.2) is 5.95 Å². The van der Waals surface area contributed by atoms with Gasteiger partial charge in [0.1, 0.15) is 11.6 Å². The van der Waals surface area contributed by atoms with E-state index in [1.54, 1.807) is 12.3 Å². The molecule has 0 spiro atoms. The van der Waals surface area contributed by atoms with Crippen LogP contribution in [0.15, 0.2) is 36.5 Å². The number of benzene rings is 1. The van der Waals surface area contributed by atoms with E-state index in [-0.39, 0.29) is 0 Å². The van der Waals surface area contributed by atoms with Crippen LogP contribution < -0.4 is 16.2 Å². The summed E-state index contributed by atoms with van der Waals surface area (Å²) in [6, 6.07) is 9.75. The van der Waals surface area contributed by atoms with Crippen LogP contribution in [0.5, 0.6) is 5.75 Å². The van der Waals surface area contributed by atoms with Gasteiger partial charge in [-0.15, -0.1) is 0 Å². The van der Waals surface area contributed by atoms with E-state index in [9.17, 15) is 0 Å². The van der Waals surface area contributed by atoms with Gasteiger partial charge in [0.05, 0.1) is 18.0 Å². The number of anilines is 2. The molecule has 0 unspecified atom stereocenters. The van der Waals surface area contributed by atoms with Gasteiger partial charge in [0, 0.05) is 23.7 Å². The van der Waals surface area contributed by atoms with Gasteiger partial charge in [-0.2, -0.15) is 0 Å². The highest BCUT2D eigenvalue weighted by atomic mass is 16.5. The number of hydrogen-bond donors (Lipinski definition) is 3. The number of fused-ring (bicyclic) bond motifs is 1. The Morgan fingerprint density at radius 3 is 2.86 bits per heavy atom. The van der Waals surface area contributed by atoms with Crippen molar-refractivity contribution < 1.29 is 4.74 Å². The molecule has 0 saturated heterocycles. The van der Waals surface area contributed by atoms with Crippen molar-refractivity contribution in [3.63, 3.8) is 0 Å². The Hall–Kier alpha value is -3.02. The van der Waals surface area contributed by atoms with Crippen LogP contribution >= 0.6 is 0 Å². The van der Waals surface area contributed by atoms with Crippen molar-refractivity contribution in [2.75, 3.05) is 18.1 Å². The second-order valence-electron chi connectivity index (χ2n) is 5.24. The van der Waals surface area contributed by atoms with Crippen LogP contribution in [-0.4, -0.2) is 21.6 Å². The Balaban J connectivity index is 1.86. The number of ether oxygens (including phenoxy) is 1. The lowest BCUT2D eigenvalue weighted by Gasteiger charge is -2.05. The number of imidazole rings is 1. The van der Waals surface area contributed by atoms with Crippen molar-refractivity contribution in [2.45, 2.75) is 6.42 Å². The lowest BCUT2D eigenvalue weighted by atomic mass is 10.0. The van der Waals surface area contributed by atoms with Gasteiger partial charge in [0.25, 0.3) is 0 Å². The molecule has 0 fully saturated rings. The summed E-state index contributed by atoms with van der Waals surface area (Å²) in [6.45, 7) is 0.731. The number of aromatic amines is 1. The summed E-state index contributed by atoms with van der Waals surface area (Å²) < 4.78 is 5.55. The SMILES string of the molecule is Nc1cc(-c2[nH]c(N)nc2-c2ccc3c(c2)CCO3)ccn1. The quantitative estimate of drug-likeness (QED) is 0.672. The minimum absolute atomic E-state index is 0.372. The molecule has 0 saturated carbocycles. The van der Waals surface area contributed by atoms with Crippen LogP contribution in [0.2, 0.25) is 0 Å². The van der Waals surface area contributed by atoms with Gasteiger partial charge in [-0.25, -0.2) is 9.97 Å². The highest BCUT2D eigenvalue weighted by Gasteiger charge is 2.17. The van der Waals surface area contributed by atoms with E-state index < -0.39 is 0 Å². The summed E-state index contributed by atoms with van der Waals surface area (Å²) in [7, 11) is 0. The van der Waals surface area contributed by atoms with E-state index >= 15 is 0 Å². The van der Waals surface area contributed by atoms with Crippen LogP contribution in [-0.2, 0) is 6.42 Å².